The van der Waals surface area contributed by atoms with Crippen LogP contribution in [0.15, 0.2) is 36.4 Å². The van der Waals surface area contributed by atoms with Gasteiger partial charge in [-0.05, 0) is 36.1 Å². The first-order valence-electron chi connectivity index (χ1n) is 11.5. The van der Waals surface area contributed by atoms with Crippen LogP contribution in [0, 0.1) is 12.3 Å². The second-order valence-corrected chi connectivity index (χ2v) is 9.60. The molecule has 0 aliphatic rings. The Kier molecular flexibility index (Phi) is 7.36. The SMILES string of the molecule is C#CC(=O)NCc1ccc2nc(N)c3nc(CCCC)n(Cc4cccc(OP(=O)(O)O)c4O)c3c2c1. The van der Waals surface area contributed by atoms with E-state index in [0.717, 1.165) is 23.8 Å². The molecule has 0 atom stereocenters. The molecule has 1 amide bonds. The molecule has 0 aliphatic carbocycles. The van der Waals surface area contributed by atoms with E-state index in [1.165, 1.54) is 12.1 Å². The highest BCUT2D eigenvalue weighted by atomic mass is 31.2. The number of nitrogen functional groups attached to an aromatic ring is 1. The lowest BCUT2D eigenvalue weighted by Crippen LogP contribution is -2.20. The van der Waals surface area contributed by atoms with E-state index in [4.69, 9.17) is 17.1 Å². The highest BCUT2D eigenvalue weighted by Gasteiger charge is 2.22. The van der Waals surface area contributed by atoms with Gasteiger partial charge in [-0.15, -0.1) is 6.42 Å². The molecule has 37 heavy (non-hydrogen) atoms. The molecule has 0 radical (unpaired) electrons. The highest BCUT2D eigenvalue weighted by Crippen LogP contribution is 2.43. The number of fused-ring (bicyclic) bond motifs is 3. The molecule has 0 unspecified atom stereocenters. The van der Waals surface area contributed by atoms with Crippen LogP contribution in [-0.4, -0.2) is 35.3 Å². The number of phenols is 1. The number of terminal acetylenes is 1. The van der Waals surface area contributed by atoms with Crippen LogP contribution in [0.2, 0.25) is 0 Å². The minimum Gasteiger partial charge on any atom is -0.504 e. The van der Waals surface area contributed by atoms with E-state index < -0.39 is 19.5 Å². The Bertz CT molecular complexity index is 1590. The van der Waals surface area contributed by atoms with Crippen molar-refractivity contribution in [1.29, 1.82) is 0 Å². The van der Waals surface area contributed by atoms with Gasteiger partial charge >= 0.3 is 7.82 Å². The number of nitrogens with zero attached hydrogens (tertiary/aromatic N) is 3. The molecule has 192 valence electrons. The Morgan fingerprint density at radius 2 is 2.05 bits per heavy atom. The maximum Gasteiger partial charge on any atom is 0.524 e. The van der Waals surface area contributed by atoms with Crippen LogP contribution in [0.5, 0.6) is 11.5 Å². The van der Waals surface area contributed by atoms with Gasteiger partial charge in [-0.1, -0.05) is 31.5 Å². The number of hydrogen-bond acceptors (Lipinski definition) is 7. The van der Waals surface area contributed by atoms with Crippen molar-refractivity contribution < 1.29 is 28.8 Å². The predicted molar refractivity (Wildman–Crippen MR) is 139 cm³/mol. The number of para-hydroxylation sites is 1. The molecule has 0 saturated heterocycles. The average Bonchev–Trinajstić information content (AvgIpc) is 3.22. The Morgan fingerprint density at radius 1 is 1.27 bits per heavy atom. The van der Waals surface area contributed by atoms with E-state index in [1.807, 2.05) is 22.6 Å². The quantitative estimate of drug-likeness (QED) is 0.163. The lowest BCUT2D eigenvalue weighted by molar-refractivity contribution is -0.115. The third-order valence-electron chi connectivity index (χ3n) is 5.81. The second-order valence-electron chi connectivity index (χ2n) is 8.44. The van der Waals surface area contributed by atoms with Gasteiger partial charge in [-0.3, -0.25) is 14.6 Å². The standard InChI is InChI=1S/C25H26N5O6P/c1-3-5-9-20-29-22-23(30(20)14-16-7-6-8-19(24(16)32)36-37(33,34)35)17-12-15(13-27-21(31)4-2)10-11-18(17)28-25(22)26/h2,6-8,10-12,32H,3,5,9,13-14H2,1H3,(H2,26,28)(H,27,31)(H2,33,34,35). The number of carbonyl (C=O) groups is 1. The molecule has 6 N–H and O–H groups in total. The van der Waals surface area contributed by atoms with Crippen molar-refractivity contribution >= 4 is 41.5 Å². The highest BCUT2D eigenvalue weighted by molar-refractivity contribution is 7.46. The summed E-state index contributed by atoms with van der Waals surface area (Å²) in [4.78, 5) is 39.2. The summed E-state index contributed by atoms with van der Waals surface area (Å²) in [6.45, 7) is 2.39. The van der Waals surface area contributed by atoms with Gasteiger partial charge in [0.2, 0.25) is 0 Å². The van der Waals surface area contributed by atoms with E-state index >= 15 is 0 Å². The largest absolute Gasteiger partial charge is 0.524 e. The fraction of sp³-hybridized carbons (Fsp3) is 0.240. The Labute approximate surface area is 212 Å². The van der Waals surface area contributed by atoms with E-state index in [2.05, 4.69) is 21.7 Å². The zero-order chi connectivity index (χ0) is 26.7. The third-order valence-corrected chi connectivity index (χ3v) is 6.25. The number of anilines is 1. The summed E-state index contributed by atoms with van der Waals surface area (Å²) in [6.07, 6.45) is 7.55. The van der Waals surface area contributed by atoms with Gasteiger partial charge in [0, 0.05) is 23.9 Å². The number of carbonyl (C=O) groups excluding carboxylic acids is 1. The van der Waals surface area contributed by atoms with Gasteiger partial charge in [0.25, 0.3) is 5.91 Å². The van der Waals surface area contributed by atoms with Crippen LogP contribution in [0.25, 0.3) is 21.9 Å². The smallest absolute Gasteiger partial charge is 0.504 e. The van der Waals surface area contributed by atoms with E-state index in [0.29, 0.717) is 34.4 Å². The Hall–Kier alpha value is -4.10. The number of rotatable bonds is 9. The van der Waals surface area contributed by atoms with Gasteiger partial charge < -0.3 is 25.2 Å². The third kappa shape index (κ3) is 5.67. The van der Waals surface area contributed by atoms with Crippen molar-refractivity contribution in [3.8, 4) is 23.8 Å². The fourth-order valence-corrected chi connectivity index (χ4v) is 4.51. The number of nitrogens with one attached hydrogen (secondary N) is 1. The van der Waals surface area contributed by atoms with Crippen molar-refractivity contribution in [1.82, 2.24) is 19.9 Å². The zero-order valence-corrected chi connectivity index (χ0v) is 20.9. The molecule has 0 aliphatic heterocycles. The van der Waals surface area contributed by atoms with E-state index in [-0.39, 0.29) is 24.7 Å². The maximum absolute atomic E-state index is 11.5. The summed E-state index contributed by atoms with van der Waals surface area (Å²) in [5.74, 6) is 1.73. The van der Waals surface area contributed by atoms with Crippen molar-refractivity contribution in [2.24, 2.45) is 0 Å². The maximum atomic E-state index is 11.5. The number of phosphoric ester groups is 1. The summed E-state index contributed by atoms with van der Waals surface area (Å²) < 4.78 is 17.9. The number of unbranched alkanes of at least 4 members (excludes halogenated alkanes) is 1. The molecular formula is C25H26N5O6P. The molecule has 4 aromatic rings. The molecule has 0 saturated carbocycles. The number of aryl methyl sites for hydroxylation is 1. The number of aromatic hydroxyl groups is 1. The van der Waals surface area contributed by atoms with Crippen LogP contribution < -0.4 is 15.6 Å². The molecule has 11 nitrogen and oxygen atoms in total. The number of pyridine rings is 1. The minimum absolute atomic E-state index is 0.121. The van der Waals surface area contributed by atoms with Gasteiger partial charge in [-0.2, -0.15) is 0 Å². The van der Waals surface area contributed by atoms with Crippen molar-refractivity contribution in [2.45, 2.75) is 39.3 Å². The molecule has 0 spiro atoms. The van der Waals surface area contributed by atoms with Crippen LogP contribution in [0.1, 0.15) is 36.7 Å². The number of phenolic OH excluding ortho intramolecular Hbond substituents is 1. The summed E-state index contributed by atoms with van der Waals surface area (Å²) in [7, 11) is -4.88. The summed E-state index contributed by atoms with van der Waals surface area (Å²) >= 11 is 0. The number of imidazole rings is 1. The van der Waals surface area contributed by atoms with Crippen LogP contribution in [-0.2, 0) is 28.9 Å². The predicted octanol–water partition coefficient (Wildman–Crippen LogP) is 2.98. The zero-order valence-electron chi connectivity index (χ0n) is 20.0. The van der Waals surface area contributed by atoms with Gasteiger partial charge in [0.1, 0.15) is 11.3 Å². The van der Waals surface area contributed by atoms with Crippen molar-refractivity contribution in [3.05, 3.63) is 53.3 Å². The first-order chi connectivity index (χ1) is 17.6. The molecule has 2 heterocycles. The minimum atomic E-state index is -4.88. The van der Waals surface area contributed by atoms with Gasteiger partial charge in [0.15, 0.2) is 17.3 Å². The molecule has 12 heteroatoms. The normalized spacial score (nSPS) is 11.5. The van der Waals surface area contributed by atoms with Gasteiger partial charge in [0.05, 0.1) is 17.6 Å². The summed E-state index contributed by atoms with van der Waals surface area (Å²) in [5, 5.41) is 14.1. The second kappa shape index (κ2) is 10.5. The lowest BCUT2D eigenvalue weighted by atomic mass is 10.1. The Morgan fingerprint density at radius 3 is 2.76 bits per heavy atom. The Balaban J connectivity index is 1.89. The van der Waals surface area contributed by atoms with Crippen LogP contribution >= 0.6 is 7.82 Å². The topological polar surface area (TPSA) is 173 Å². The molecule has 2 aromatic carbocycles. The number of amides is 1. The number of aromatic nitrogens is 3. The van der Waals surface area contributed by atoms with Crippen LogP contribution in [0.4, 0.5) is 5.82 Å². The molecule has 0 fully saturated rings. The summed E-state index contributed by atoms with van der Waals surface area (Å²) in [6, 6.07) is 9.91. The average molecular weight is 523 g/mol. The lowest BCUT2D eigenvalue weighted by Gasteiger charge is -2.15. The molecule has 0 bridgehead atoms. The fourth-order valence-electron chi connectivity index (χ4n) is 4.11. The first-order valence-corrected chi connectivity index (χ1v) is 13.0. The molecule has 4 rings (SSSR count). The monoisotopic (exact) mass is 523 g/mol. The number of phosphoric acid groups is 1. The molecule has 2 aromatic heterocycles. The number of benzene rings is 2. The molecular weight excluding hydrogens is 497 g/mol. The van der Waals surface area contributed by atoms with E-state index in [1.54, 1.807) is 12.1 Å². The van der Waals surface area contributed by atoms with Gasteiger partial charge in [-0.25, -0.2) is 14.5 Å². The first kappa shape index (κ1) is 26.0. The van der Waals surface area contributed by atoms with Crippen molar-refractivity contribution in [3.63, 3.8) is 0 Å². The van der Waals surface area contributed by atoms with Crippen molar-refractivity contribution in [2.75, 3.05) is 5.73 Å². The van der Waals surface area contributed by atoms with Crippen LogP contribution in [0.3, 0.4) is 0 Å². The van der Waals surface area contributed by atoms with E-state index in [9.17, 15) is 24.3 Å². The number of hydrogen-bond donors (Lipinski definition) is 5. The summed E-state index contributed by atoms with van der Waals surface area (Å²) in [5.41, 5.74) is 9.22. The number of nitrogens with two attached hydrogens (primary N) is 1.